The van der Waals surface area contributed by atoms with E-state index in [2.05, 4.69) is 6.92 Å². The fourth-order valence-corrected chi connectivity index (χ4v) is 3.01. The molecule has 0 heterocycles. The van der Waals surface area contributed by atoms with E-state index in [-0.39, 0.29) is 19.3 Å². The number of nitrogens with two attached hydrogens (primary N) is 1. The summed E-state index contributed by atoms with van der Waals surface area (Å²) in [5.41, 5.74) is 5.00. The van der Waals surface area contributed by atoms with Gasteiger partial charge in [0.25, 0.3) is 5.34 Å². The Labute approximate surface area is 127 Å². The van der Waals surface area contributed by atoms with Crippen molar-refractivity contribution in [3.05, 3.63) is 0 Å². The van der Waals surface area contributed by atoms with Crippen molar-refractivity contribution in [2.75, 3.05) is 0 Å². The molecule has 0 aromatic heterocycles. The summed E-state index contributed by atoms with van der Waals surface area (Å²) in [6.45, 7) is 2.12. The van der Waals surface area contributed by atoms with Crippen LogP contribution in [0.1, 0.15) is 64.7 Å². The predicted molar refractivity (Wildman–Crippen MR) is 81.5 cm³/mol. The molecule has 1 amide bonds. The minimum absolute atomic E-state index is 0.0910. The summed E-state index contributed by atoms with van der Waals surface area (Å²) in [5.74, 6) is -3.10. The Morgan fingerprint density at radius 2 is 1.76 bits per heavy atom. The molecule has 6 nitrogen and oxygen atoms in total. The highest BCUT2D eigenvalue weighted by atomic mass is 31.1. The molecule has 0 aliphatic carbocycles. The monoisotopic (exact) mass is 320 g/mol. The first kappa shape index (κ1) is 20.0. The zero-order valence-electron chi connectivity index (χ0n) is 12.6. The van der Waals surface area contributed by atoms with Gasteiger partial charge >= 0.3 is 14.4 Å². The van der Waals surface area contributed by atoms with Gasteiger partial charge in [-0.2, -0.15) is 0 Å². The number of hydrogen-bond donors (Lipinski definition) is 3. The number of rotatable bonds is 13. The molecule has 0 fully saturated rings. The van der Waals surface area contributed by atoms with Gasteiger partial charge in [-0.3, -0.25) is 9.59 Å². The van der Waals surface area contributed by atoms with Gasteiger partial charge in [0.05, 0.1) is 0 Å². The number of carboxylic acid groups (broad SMARTS) is 1. The molecule has 7 heteroatoms. The van der Waals surface area contributed by atoms with Crippen molar-refractivity contribution >= 4 is 20.3 Å². The molecule has 3 atom stereocenters. The topological polar surface area (TPSA) is 118 Å². The number of aliphatic hydroxyl groups is 1. The lowest BCUT2D eigenvalue weighted by Gasteiger charge is -2.21. The maximum atomic E-state index is 11.3. The molecule has 0 saturated carbocycles. The third-order valence-corrected chi connectivity index (χ3v) is 4.59. The predicted octanol–water partition coefficient (Wildman–Crippen LogP) is 2.42. The van der Waals surface area contributed by atoms with Gasteiger partial charge in [0.2, 0.25) is 5.91 Å². The third-order valence-electron chi connectivity index (χ3n) is 3.64. The zero-order valence-corrected chi connectivity index (χ0v) is 13.6. The maximum absolute atomic E-state index is 11.3. The van der Waals surface area contributed by atoms with Gasteiger partial charge in [-0.1, -0.05) is 43.6 Å². The van der Waals surface area contributed by atoms with Gasteiger partial charge in [0, 0.05) is 12.8 Å². The van der Waals surface area contributed by atoms with Gasteiger partial charge in [0.1, 0.15) is 5.92 Å². The van der Waals surface area contributed by atoms with E-state index in [0.29, 0.717) is 6.42 Å². The van der Waals surface area contributed by atoms with E-state index in [1.54, 1.807) is 0 Å². The second-order valence-electron chi connectivity index (χ2n) is 5.44. The molecule has 21 heavy (non-hydrogen) atoms. The van der Waals surface area contributed by atoms with Crippen molar-refractivity contribution in [3.8, 4) is 0 Å². The number of amides is 1. The summed E-state index contributed by atoms with van der Waals surface area (Å²) in [7, 11) is -1.14. The van der Waals surface area contributed by atoms with Crippen LogP contribution in [0.5, 0.6) is 0 Å². The average Bonchev–Trinajstić information content (AvgIpc) is 2.42. The standard InChI is InChI=1S/C14H26NO5P/c1-2-3-4-5-6-7-10-14(19,21-20)11(13(17)18)8-9-12(15)16/h11,19H,2-10H2,1H3,(H2,15,16)(H,17,18)/p+1. The van der Waals surface area contributed by atoms with E-state index < -0.39 is 31.6 Å². The Hall–Kier alpha value is -1.00. The molecular weight excluding hydrogens is 293 g/mol. The first-order valence-corrected chi connectivity index (χ1v) is 8.41. The van der Waals surface area contributed by atoms with Crippen molar-refractivity contribution in [3.63, 3.8) is 0 Å². The second-order valence-corrected chi connectivity index (χ2v) is 6.51. The van der Waals surface area contributed by atoms with Crippen LogP contribution in [0.15, 0.2) is 0 Å². The molecule has 0 aromatic carbocycles. The van der Waals surface area contributed by atoms with Crippen molar-refractivity contribution < 1.29 is 24.4 Å². The smallest absolute Gasteiger partial charge is 0.360 e. The van der Waals surface area contributed by atoms with Crippen LogP contribution < -0.4 is 5.73 Å². The van der Waals surface area contributed by atoms with Crippen LogP contribution in [0.3, 0.4) is 0 Å². The van der Waals surface area contributed by atoms with Crippen LogP contribution in [0.2, 0.25) is 0 Å². The average molecular weight is 320 g/mol. The fraction of sp³-hybridized carbons (Fsp3) is 0.857. The Kier molecular flexibility index (Phi) is 10.2. The Balaban J connectivity index is 4.45. The van der Waals surface area contributed by atoms with Crippen LogP contribution >= 0.6 is 8.46 Å². The molecule has 0 rings (SSSR count). The van der Waals surface area contributed by atoms with Gasteiger partial charge in [-0.15, -0.1) is 0 Å². The normalized spacial score (nSPS) is 15.5. The van der Waals surface area contributed by atoms with E-state index in [4.69, 9.17) is 5.73 Å². The lowest BCUT2D eigenvalue weighted by Crippen LogP contribution is -2.38. The van der Waals surface area contributed by atoms with Crippen LogP contribution in [0, 0.1) is 5.92 Å². The number of unbranched alkanes of at least 4 members (excludes halogenated alkanes) is 5. The van der Waals surface area contributed by atoms with Crippen molar-refractivity contribution in [2.45, 2.75) is 70.1 Å². The molecule has 0 aromatic rings. The third kappa shape index (κ3) is 8.12. The fourth-order valence-electron chi connectivity index (χ4n) is 2.32. The number of carbonyl (C=O) groups is 2. The summed E-state index contributed by atoms with van der Waals surface area (Å²) in [5, 5.41) is 17.7. The second kappa shape index (κ2) is 10.7. The molecule has 3 unspecified atom stereocenters. The van der Waals surface area contributed by atoms with Gasteiger partial charge in [-0.05, 0) is 12.8 Å². The van der Waals surface area contributed by atoms with Crippen LogP contribution in [0.4, 0.5) is 0 Å². The van der Waals surface area contributed by atoms with Gasteiger partial charge in [0.15, 0.2) is 0 Å². The summed E-state index contributed by atoms with van der Waals surface area (Å²) in [6, 6.07) is 0. The van der Waals surface area contributed by atoms with Crippen molar-refractivity contribution in [2.24, 2.45) is 11.7 Å². The lowest BCUT2D eigenvalue weighted by molar-refractivity contribution is -0.148. The summed E-state index contributed by atoms with van der Waals surface area (Å²) in [4.78, 5) is 22.0. The lowest BCUT2D eigenvalue weighted by atomic mass is 9.91. The number of aliphatic carboxylic acids is 1. The molecular formula is C14H27NO5P+. The zero-order chi connectivity index (χ0) is 16.3. The quantitative estimate of drug-likeness (QED) is 0.356. The van der Waals surface area contributed by atoms with Crippen LogP contribution in [0.25, 0.3) is 0 Å². The van der Waals surface area contributed by atoms with E-state index in [1.807, 2.05) is 0 Å². The van der Waals surface area contributed by atoms with Crippen LogP contribution in [-0.4, -0.2) is 27.4 Å². The highest BCUT2D eigenvalue weighted by molar-refractivity contribution is 7.25. The van der Waals surface area contributed by atoms with Crippen LogP contribution in [-0.2, 0) is 14.2 Å². The molecule has 0 aliphatic rings. The molecule has 0 spiro atoms. The Morgan fingerprint density at radius 1 is 1.19 bits per heavy atom. The van der Waals surface area contributed by atoms with E-state index >= 15 is 0 Å². The van der Waals surface area contributed by atoms with E-state index in [9.17, 15) is 24.4 Å². The summed E-state index contributed by atoms with van der Waals surface area (Å²) < 4.78 is 11.3. The molecule has 0 radical (unpaired) electrons. The molecule has 4 N–H and O–H groups in total. The highest BCUT2D eigenvalue weighted by Crippen LogP contribution is 2.37. The van der Waals surface area contributed by atoms with Crippen molar-refractivity contribution in [1.29, 1.82) is 0 Å². The number of hydrogen-bond acceptors (Lipinski definition) is 4. The van der Waals surface area contributed by atoms with Gasteiger partial charge in [-0.25, -0.2) is 0 Å². The first-order valence-electron chi connectivity index (χ1n) is 7.50. The van der Waals surface area contributed by atoms with Crippen molar-refractivity contribution in [1.82, 2.24) is 0 Å². The first-order chi connectivity index (χ1) is 9.87. The summed E-state index contributed by atoms with van der Waals surface area (Å²) in [6.07, 6.45) is 5.85. The molecule has 122 valence electrons. The number of carboxylic acids is 1. The summed E-state index contributed by atoms with van der Waals surface area (Å²) >= 11 is 0. The minimum Gasteiger partial charge on any atom is -0.481 e. The number of carbonyl (C=O) groups excluding carboxylic acids is 1. The van der Waals surface area contributed by atoms with E-state index in [1.165, 1.54) is 0 Å². The highest BCUT2D eigenvalue weighted by Gasteiger charge is 2.48. The Morgan fingerprint density at radius 3 is 2.24 bits per heavy atom. The minimum atomic E-state index is -1.77. The maximum Gasteiger partial charge on any atom is 0.360 e. The van der Waals surface area contributed by atoms with Gasteiger partial charge < -0.3 is 15.9 Å². The molecule has 0 aliphatic heterocycles. The SMILES string of the molecule is CCCCCCCCC(O)([PH+]=O)C(CCC(N)=O)C(=O)O. The van der Waals surface area contributed by atoms with E-state index in [0.717, 1.165) is 32.1 Å². The number of primary amides is 1. The largest absolute Gasteiger partial charge is 0.481 e. The molecule has 0 saturated heterocycles. The Bertz CT molecular complexity index is 350. The molecule has 0 bridgehead atoms.